The van der Waals surface area contributed by atoms with E-state index in [1.54, 1.807) is 12.8 Å². The van der Waals surface area contributed by atoms with E-state index in [1.807, 2.05) is 0 Å². The van der Waals surface area contributed by atoms with Crippen LogP contribution in [0.2, 0.25) is 0 Å². The van der Waals surface area contributed by atoms with Crippen molar-refractivity contribution in [2.24, 2.45) is 133 Å². The molecule has 0 aliphatic heterocycles. The summed E-state index contributed by atoms with van der Waals surface area (Å²) in [5.41, 5.74) is 3.66. The zero-order valence-corrected chi connectivity index (χ0v) is 71.6. The normalized spacial score (nSPS) is 40.3. The molecule has 606 valence electrons. The quantitative estimate of drug-likeness (QED) is 0.100. The molecule has 0 amide bonds. The molecule has 4 bridgehead atoms. The number of hydrogen-bond acceptors (Lipinski definition) is 7. The fourth-order valence-electron chi connectivity index (χ4n) is 28.9. The molecule has 0 heterocycles. The Morgan fingerprint density at radius 2 is 0.644 bits per heavy atom. The summed E-state index contributed by atoms with van der Waals surface area (Å²) in [5, 5.41) is 0. The van der Waals surface area contributed by atoms with E-state index in [0.29, 0.717) is 44.0 Å². The number of fused-ring (bicyclic) bond motifs is 13. The van der Waals surface area contributed by atoms with Crippen molar-refractivity contribution >= 4 is 0 Å². The van der Waals surface area contributed by atoms with Crippen molar-refractivity contribution in [3.63, 3.8) is 0 Å². The molecule has 18 unspecified atom stereocenters. The van der Waals surface area contributed by atoms with Crippen LogP contribution in [0.25, 0.3) is 0 Å². The van der Waals surface area contributed by atoms with Gasteiger partial charge in [-0.15, -0.1) is 0 Å². The van der Waals surface area contributed by atoms with Gasteiger partial charge in [-0.2, -0.15) is 0 Å². The molecule has 104 heavy (non-hydrogen) atoms. The van der Waals surface area contributed by atoms with Gasteiger partial charge in [-0.3, -0.25) is 0 Å². The van der Waals surface area contributed by atoms with Gasteiger partial charge in [0.05, 0.1) is 45.7 Å². The summed E-state index contributed by atoms with van der Waals surface area (Å²) in [6, 6.07) is 0. The van der Waals surface area contributed by atoms with E-state index in [9.17, 15) is 0 Å². The minimum atomic E-state index is 0.451. The largest absolute Gasteiger partial charge is 0.381 e. The molecule has 0 spiro atoms. The van der Waals surface area contributed by atoms with E-state index < -0.39 is 0 Å². The molecule has 16 saturated carbocycles. The first-order valence-corrected chi connectivity index (χ1v) is 47.5. The van der Waals surface area contributed by atoms with Gasteiger partial charge in [0.15, 0.2) is 0 Å². The third-order valence-electron chi connectivity index (χ3n) is 34.1. The lowest BCUT2D eigenvalue weighted by Gasteiger charge is -2.48. The van der Waals surface area contributed by atoms with Crippen molar-refractivity contribution in [1.82, 2.24) is 0 Å². The lowest BCUT2D eigenvalue weighted by Crippen LogP contribution is -2.47. The third kappa shape index (κ3) is 22.0. The third-order valence-corrected chi connectivity index (χ3v) is 34.1. The zero-order chi connectivity index (χ0) is 73.7. The molecule has 16 aliphatic rings. The first kappa shape index (κ1) is 86.1. The van der Waals surface area contributed by atoms with Crippen molar-refractivity contribution in [1.29, 1.82) is 0 Å². The standard InChI is InChI=1S/C16H26O.C15H28O.3C14H26O.2C12H22O/c1-4-17-15-11-8-12(16(15,2)3)14-10-6-5-9(7-10)13(11)14;1-2-16-13-15(11-7-4-8-12-15)14-9-5-3-6-10-14;1-3-15-11-14(2)10-6-8-12-7-4-5-9-13(12)14;1-3-15-11-14(2)9-8-12-6-4-5-7-13(12)10-14;1-2-15-12-14(10-6-7-11-14)13-8-4-3-5-9-13;1-3-13-9-12(2)7-10-5-4-6-11(10)8-12;1-3-13-9-12(2)8-7-10-5-4-6-11(10)12/h9-15H,4-8H2,1-3H3;14H,2-13H2,1H3;2*12-13H,3-11H2,1-2H3;13H,2-12H2,1H3;2*10-11H,3-9H2,1-2H3. The van der Waals surface area contributed by atoms with E-state index in [0.717, 1.165) is 181 Å². The molecule has 16 rings (SSSR count). The Kier molecular flexibility index (Phi) is 34.5. The summed E-state index contributed by atoms with van der Waals surface area (Å²) in [5.74, 6) is 16.4. The summed E-state index contributed by atoms with van der Waals surface area (Å²) in [6.07, 6.45) is 69.6. The Balaban J connectivity index is 0.000000130. The Morgan fingerprint density at radius 3 is 1.20 bits per heavy atom. The van der Waals surface area contributed by atoms with Gasteiger partial charge >= 0.3 is 0 Å². The van der Waals surface area contributed by atoms with Crippen LogP contribution in [0, 0.1) is 133 Å². The summed E-state index contributed by atoms with van der Waals surface area (Å²) in [4.78, 5) is 0. The fourth-order valence-corrected chi connectivity index (χ4v) is 28.9. The van der Waals surface area contributed by atoms with Crippen LogP contribution in [0.4, 0.5) is 0 Å². The summed E-state index contributed by atoms with van der Waals surface area (Å²) in [6.45, 7) is 41.9. The van der Waals surface area contributed by atoms with Gasteiger partial charge in [0.1, 0.15) is 0 Å². The molecular weight excluding hydrogens is 1280 g/mol. The Hall–Kier alpha value is -0.280. The van der Waals surface area contributed by atoms with Gasteiger partial charge in [0.2, 0.25) is 0 Å². The van der Waals surface area contributed by atoms with Crippen LogP contribution in [0.1, 0.15) is 392 Å². The highest BCUT2D eigenvalue weighted by molar-refractivity contribution is 5.17. The highest BCUT2D eigenvalue weighted by atomic mass is 16.5. The van der Waals surface area contributed by atoms with Crippen molar-refractivity contribution < 1.29 is 33.2 Å². The molecule has 7 nitrogen and oxygen atoms in total. The second kappa shape index (κ2) is 41.7. The van der Waals surface area contributed by atoms with E-state index >= 15 is 0 Å². The monoisotopic (exact) mass is 1450 g/mol. The number of hydrogen-bond donors (Lipinski definition) is 0. The first-order chi connectivity index (χ1) is 50.4. The van der Waals surface area contributed by atoms with Gasteiger partial charge in [-0.1, -0.05) is 202 Å². The van der Waals surface area contributed by atoms with Gasteiger partial charge in [-0.05, 0) is 322 Å². The van der Waals surface area contributed by atoms with Crippen LogP contribution in [0.15, 0.2) is 0 Å². The van der Waals surface area contributed by atoms with Crippen LogP contribution in [0.5, 0.6) is 0 Å². The molecule has 7 heteroatoms. The van der Waals surface area contributed by atoms with Crippen LogP contribution in [0.3, 0.4) is 0 Å². The topological polar surface area (TPSA) is 64.6 Å². The SMILES string of the molecule is CCOC1C2CC(C3C4CCC(C4)C23)C1(C)C.CCOCC1(C)CC2CCCC2C1.CCOCC1(C)CCC2CCCC21.CCOCC1(C)CCC2CCCCC2C1.CCOCC1(C)CCCC2CCCCC21.CCOCC1(C2CCCCC2)CCCC1.CCOCC1(C2CCCCC2)CCCCC1. The maximum absolute atomic E-state index is 6.17. The van der Waals surface area contributed by atoms with Crippen molar-refractivity contribution in [3.05, 3.63) is 0 Å². The minimum absolute atomic E-state index is 0.451. The van der Waals surface area contributed by atoms with Crippen molar-refractivity contribution in [2.45, 2.75) is 398 Å². The van der Waals surface area contributed by atoms with Gasteiger partial charge in [0, 0.05) is 46.2 Å². The van der Waals surface area contributed by atoms with Gasteiger partial charge in [0.25, 0.3) is 0 Å². The predicted molar refractivity (Wildman–Crippen MR) is 438 cm³/mol. The molecule has 0 saturated heterocycles. The number of rotatable bonds is 22. The van der Waals surface area contributed by atoms with Crippen LogP contribution in [-0.2, 0) is 33.2 Å². The zero-order valence-electron chi connectivity index (χ0n) is 71.6. The lowest BCUT2D eigenvalue weighted by molar-refractivity contribution is -0.0980. The minimum Gasteiger partial charge on any atom is -0.381 e. The predicted octanol–water partition coefficient (Wildman–Crippen LogP) is 27.0. The second-order valence-corrected chi connectivity index (χ2v) is 41.4. The summed E-state index contributed by atoms with van der Waals surface area (Å²) >= 11 is 0. The average Bonchev–Trinajstić information content (AvgIpc) is 1.53. The maximum Gasteiger partial charge on any atom is 0.0659 e. The molecule has 0 aromatic rings. The van der Waals surface area contributed by atoms with Crippen LogP contribution in [-0.4, -0.2) is 92.0 Å². The van der Waals surface area contributed by atoms with Crippen molar-refractivity contribution in [3.8, 4) is 0 Å². The Labute approximate surface area is 646 Å². The summed E-state index contributed by atoms with van der Waals surface area (Å²) < 4.78 is 40.4. The number of ether oxygens (including phenoxy) is 7. The van der Waals surface area contributed by atoms with Gasteiger partial charge in [-0.25, -0.2) is 0 Å². The van der Waals surface area contributed by atoms with E-state index in [-0.39, 0.29) is 0 Å². The van der Waals surface area contributed by atoms with E-state index in [1.165, 1.54) is 289 Å². The molecular formula is C97H176O7. The molecule has 0 aromatic carbocycles. The van der Waals surface area contributed by atoms with Crippen LogP contribution < -0.4 is 0 Å². The average molecular weight is 1450 g/mol. The maximum atomic E-state index is 6.17. The van der Waals surface area contributed by atoms with Gasteiger partial charge < -0.3 is 33.2 Å². The highest BCUT2D eigenvalue weighted by Crippen LogP contribution is 2.72. The first-order valence-electron chi connectivity index (χ1n) is 47.5. The Bertz CT molecular complexity index is 2330. The van der Waals surface area contributed by atoms with Crippen LogP contribution >= 0.6 is 0 Å². The second-order valence-electron chi connectivity index (χ2n) is 41.4. The molecule has 0 N–H and O–H groups in total. The molecule has 0 aromatic heterocycles. The molecule has 16 aliphatic carbocycles. The van der Waals surface area contributed by atoms with E-state index in [2.05, 4.69) is 90.0 Å². The van der Waals surface area contributed by atoms with Crippen molar-refractivity contribution in [2.75, 3.05) is 85.9 Å². The van der Waals surface area contributed by atoms with E-state index in [4.69, 9.17) is 33.2 Å². The molecule has 16 fully saturated rings. The molecule has 0 radical (unpaired) electrons. The Morgan fingerprint density at radius 1 is 0.260 bits per heavy atom. The summed E-state index contributed by atoms with van der Waals surface area (Å²) in [7, 11) is 0. The fraction of sp³-hybridized carbons (Fsp3) is 1.00. The molecule has 18 atom stereocenters. The smallest absolute Gasteiger partial charge is 0.0659 e. The highest BCUT2D eigenvalue weighted by Gasteiger charge is 2.68. The lowest BCUT2D eigenvalue weighted by atomic mass is 9.58.